The Morgan fingerprint density at radius 2 is 1.56 bits per heavy atom. The van der Waals surface area contributed by atoms with Gasteiger partial charge in [-0.1, -0.05) is 60.7 Å². The Labute approximate surface area is 295 Å². The maximum absolute atomic E-state index is 13.5. The van der Waals surface area contributed by atoms with E-state index in [1.165, 1.54) is 0 Å². The first-order chi connectivity index (χ1) is 24.6. The van der Waals surface area contributed by atoms with Gasteiger partial charge in [-0.2, -0.15) is 0 Å². The number of ether oxygens (including phenoxy) is 8. The second-order valence-electron chi connectivity index (χ2n) is 12.9. The van der Waals surface area contributed by atoms with Crippen molar-refractivity contribution in [3.63, 3.8) is 0 Å². The maximum Gasteiger partial charge on any atom is 0.410 e. The van der Waals surface area contributed by atoms with Gasteiger partial charge in [0.25, 0.3) is 0 Å². The van der Waals surface area contributed by atoms with Crippen molar-refractivity contribution >= 4 is 11.8 Å². The number of amides is 1. The van der Waals surface area contributed by atoms with Crippen LogP contribution in [0, 0.1) is 0 Å². The van der Waals surface area contributed by atoms with Gasteiger partial charge in [0.15, 0.2) is 0 Å². The highest BCUT2D eigenvalue weighted by atomic mass is 16.6. The number of fused-ring (bicyclic) bond motifs is 1. The minimum Gasteiger partial charge on any atom is -0.490 e. The minimum absolute atomic E-state index is 0.0756. The summed E-state index contributed by atoms with van der Waals surface area (Å²) in [7, 11) is 3.39. The van der Waals surface area contributed by atoms with Gasteiger partial charge in [0.05, 0.1) is 77.2 Å². The van der Waals surface area contributed by atoms with Crippen LogP contribution in [0.2, 0.25) is 0 Å². The van der Waals surface area contributed by atoms with Crippen LogP contribution in [-0.2, 0) is 53.0 Å². The normalized spacial score (nSPS) is 21.4. The standard InChI is InChI=1S/C39H50N2O9/c1-43-17-6-15-40-16-18-46-35-14-11-31(21-34(35)40)26-48-36-22-41(39(42)50-25-29-7-4-3-5-8-29)23-37(49-28-33-27-47-33)38(36)32-12-9-30(10-13-32)24-45-20-19-44-2/h3-5,7-14,21,33,36-38H,6,15-20,22-28H2,1-2H3/t33-,36+,37-,38-/m1/s1. The van der Waals surface area contributed by atoms with Crippen LogP contribution in [0.1, 0.15) is 34.6 Å². The van der Waals surface area contributed by atoms with Gasteiger partial charge >= 0.3 is 6.09 Å². The third kappa shape index (κ3) is 10.2. The number of nitrogens with zero attached hydrogens (tertiary/aromatic N) is 2. The Balaban J connectivity index is 1.21. The van der Waals surface area contributed by atoms with Gasteiger partial charge in [-0.15, -0.1) is 0 Å². The Bertz CT molecular complexity index is 1470. The zero-order valence-corrected chi connectivity index (χ0v) is 29.2. The van der Waals surface area contributed by atoms with Gasteiger partial charge in [0.2, 0.25) is 0 Å². The number of hydrogen-bond donors (Lipinski definition) is 0. The SMILES string of the molecule is COCCCN1CCOc2ccc(CO[C@H]3CN(C(=O)OCc4ccccc4)C[C@@H](OC[C@H]4CO4)[C@@H]3c3ccc(COCCOC)cc3)cc21. The molecule has 0 saturated carbocycles. The number of carbonyl (C=O) groups excluding carboxylic acids is 1. The molecule has 50 heavy (non-hydrogen) atoms. The van der Waals surface area contributed by atoms with Crippen LogP contribution in [0.5, 0.6) is 5.75 Å². The highest BCUT2D eigenvalue weighted by Crippen LogP contribution is 2.36. The van der Waals surface area contributed by atoms with Gasteiger partial charge in [-0.25, -0.2) is 4.79 Å². The molecule has 0 aliphatic carbocycles. The summed E-state index contributed by atoms with van der Waals surface area (Å²) < 4.78 is 46.7. The monoisotopic (exact) mass is 690 g/mol. The Hall–Kier alpha value is -3.71. The smallest absolute Gasteiger partial charge is 0.410 e. The molecule has 270 valence electrons. The van der Waals surface area contributed by atoms with Crippen molar-refractivity contribution in [3.8, 4) is 5.75 Å². The molecule has 0 bridgehead atoms. The molecular weight excluding hydrogens is 640 g/mol. The third-order valence-corrected chi connectivity index (χ3v) is 9.25. The quantitative estimate of drug-likeness (QED) is 0.131. The summed E-state index contributed by atoms with van der Waals surface area (Å²) >= 11 is 0. The zero-order chi connectivity index (χ0) is 34.5. The fraction of sp³-hybridized carbons (Fsp3) is 0.513. The molecule has 0 N–H and O–H groups in total. The lowest BCUT2D eigenvalue weighted by Crippen LogP contribution is -2.54. The second-order valence-corrected chi connectivity index (χ2v) is 12.9. The number of rotatable bonds is 18. The van der Waals surface area contributed by atoms with Crippen molar-refractivity contribution < 1.29 is 42.7 Å². The summed E-state index contributed by atoms with van der Waals surface area (Å²) in [5.74, 6) is 0.740. The highest BCUT2D eigenvalue weighted by molar-refractivity contribution is 5.68. The molecule has 3 aromatic carbocycles. The van der Waals surface area contributed by atoms with E-state index in [9.17, 15) is 4.79 Å². The minimum atomic E-state index is -0.390. The zero-order valence-electron chi connectivity index (χ0n) is 29.2. The molecule has 0 radical (unpaired) electrons. The van der Waals surface area contributed by atoms with Crippen molar-refractivity contribution in [2.75, 3.05) is 84.9 Å². The number of epoxide rings is 1. The first kappa shape index (κ1) is 36.1. The molecule has 11 heteroatoms. The molecule has 3 heterocycles. The average Bonchev–Trinajstić information content (AvgIpc) is 3.99. The van der Waals surface area contributed by atoms with Crippen LogP contribution in [0.25, 0.3) is 0 Å². The van der Waals surface area contributed by atoms with Gasteiger partial charge < -0.3 is 47.7 Å². The lowest BCUT2D eigenvalue weighted by Gasteiger charge is -2.43. The topological polar surface area (TPSA) is 101 Å². The van der Waals surface area contributed by atoms with Crippen molar-refractivity contribution in [1.82, 2.24) is 4.90 Å². The van der Waals surface area contributed by atoms with Crippen molar-refractivity contribution in [3.05, 3.63) is 95.1 Å². The fourth-order valence-electron chi connectivity index (χ4n) is 6.48. The predicted molar refractivity (Wildman–Crippen MR) is 188 cm³/mol. The van der Waals surface area contributed by atoms with Gasteiger partial charge in [-0.05, 0) is 40.8 Å². The molecule has 3 aliphatic heterocycles. The van der Waals surface area contributed by atoms with Crippen molar-refractivity contribution in [1.29, 1.82) is 0 Å². The van der Waals surface area contributed by atoms with Crippen LogP contribution in [0.15, 0.2) is 72.8 Å². The summed E-state index contributed by atoms with van der Waals surface area (Å²) in [6.07, 6.45) is -0.0848. The average molecular weight is 691 g/mol. The first-order valence-corrected chi connectivity index (χ1v) is 17.6. The molecule has 0 spiro atoms. The van der Waals surface area contributed by atoms with Crippen LogP contribution >= 0.6 is 0 Å². The van der Waals surface area contributed by atoms with E-state index >= 15 is 0 Å². The molecule has 6 rings (SSSR count). The summed E-state index contributed by atoms with van der Waals surface area (Å²) in [4.78, 5) is 17.6. The van der Waals surface area contributed by atoms with E-state index in [-0.39, 0.29) is 30.8 Å². The van der Waals surface area contributed by atoms with E-state index in [4.69, 9.17) is 37.9 Å². The summed E-state index contributed by atoms with van der Waals surface area (Å²) in [6, 6.07) is 24.4. The molecule has 2 saturated heterocycles. The number of likely N-dealkylation sites (tertiary alicyclic amines) is 1. The van der Waals surface area contributed by atoms with Gasteiger partial charge in [-0.3, -0.25) is 0 Å². The number of piperidine rings is 1. The van der Waals surface area contributed by atoms with Gasteiger partial charge in [0, 0.05) is 33.3 Å². The van der Waals surface area contributed by atoms with E-state index in [0.717, 1.165) is 53.2 Å². The van der Waals surface area contributed by atoms with E-state index in [1.54, 1.807) is 19.1 Å². The van der Waals surface area contributed by atoms with E-state index in [2.05, 4.69) is 41.3 Å². The van der Waals surface area contributed by atoms with E-state index < -0.39 is 6.09 Å². The van der Waals surface area contributed by atoms with Crippen molar-refractivity contribution in [2.24, 2.45) is 0 Å². The Morgan fingerprint density at radius 1 is 0.820 bits per heavy atom. The number of methoxy groups -OCH3 is 2. The number of benzene rings is 3. The molecule has 3 aliphatic rings. The number of hydrogen-bond acceptors (Lipinski definition) is 10. The lowest BCUT2D eigenvalue weighted by atomic mass is 9.84. The largest absolute Gasteiger partial charge is 0.490 e. The summed E-state index contributed by atoms with van der Waals surface area (Å²) in [5, 5.41) is 0. The number of anilines is 1. The second kappa shape index (κ2) is 18.5. The molecule has 2 fully saturated rings. The Morgan fingerprint density at radius 3 is 2.32 bits per heavy atom. The van der Waals surface area contributed by atoms with Crippen LogP contribution in [-0.4, -0.2) is 109 Å². The number of carbonyl (C=O) groups is 1. The van der Waals surface area contributed by atoms with Crippen molar-refractivity contribution in [2.45, 2.75) is 50.5 Å². The molecule has 3 aromatic rings. The highest BCUT2D eigenvalue weighted by Gasteiger charge is 2.42. The fourth-order valence-corrected chi connectivity index (χ4v) is 6.48. The van der Waals surface area contributed by atoms with E-state index in [0.29, 0.717) is 65.9 Å². The maximum atomic E-state index is 13.5. The molecule has 0 aromatic heterocycles. The van der Waals surface area contributed by atoms with Crippen LogP contribution < -0.4 is 9.64 Å². The van der Waals surface area contributed by atoms with E-state index in [1.807, 2.05) is 36.4 Å². The summed E-state index contributed by atoms with van der Waals surface area (Å²) in [5.41, 5.74) is 5.17. The summed E-state index contributed by atoms with van der Waals surface area (Å²) in [6.45, 7) is 7.08. The lowest BCUT2D eigenvalue weighted by molar-refractivity contribution is -0.0934. The van der Waals surface area contributed by atoms with Crippen LogP contribution in [0.3, 0.4) is 0 Å². The molecule has 1 amide bonds. The first-order valence-electron chi connectivity index (χ1n) is 17.6. The molecular formula is C39H50N2O9. The predicted octanol–water partition coefficient (Wildman–Crippen LogP) is 5.19. The Kier molecular flexibility index (Phi) is 13.4. The third-order valence-electron chi connectivity index (χ3n) is 9.25. The molecule has 4 atom stereocenters. The molecule has 0 unspecified atom stereocenters. The van der Waals surface area contributed by atoms with Crippen LogP contribution in [0.4, 0.5) is 10.5 Å². The molecule has 11 nitrogen and oxygen atoms in total. The van der Waals surface area contributed by atoms with Gasteiger partial charge in [0.1, 0.15) is 25.1 Å².